The van der Waals surface area contributed by atoms with Crippen LogP contribution in [0.1, 0.15) is 69.8 Å². The molecule has 0 aliphatic heterocycles. The Labute approximate surface area is 215 Å². The number of nitrogens with zero attached hydrogens (tertiary/aromatic N) is 1. The van der Waals surface area contributed by atoms with E-state index in [1.807, 2.05) is 83.1 Å². The van der Waals surface area contributed by atoms with Crippen molar-refractivity contribution in [3.8, 4) is 0 Å². The Balaban J connectivity index is 2.46. The van der Waals surface area contributed by atoms with Crippen molar-refractivity contribution < 1.29 is 19.1 Å². The molecule has 3 amide bonds. The first-order valence-corrected chi connectivity index (χ1v) is 12.3. The Hall–Kier alpha value is -3.35. The molecule has 0 heterocycles. The zero-order valence-corrected chi connectivity index (χ0v) is 23.1. The van der Waals surface area contributed by atoms with Crippen molar-refractivity contribution in [2.24, 2.45) is 0 Å². The number of aryl methyl sites for hydroxylation is 2. The van der Waals surface area contributed by atoms with Crippen LogP contribution in [0.2, 0.25) is 0 Å². The maximum absolute atomic E-state index is 13.9. The lowest BCUT2D eigenvalue weighted by Gasteiger charge is -2.34. The number of hydrogen-bond acceptors (Lipinski definition) is 4. The molecule has 2 aromatic carbocycles. The smallest absolute Gasteiger partial charge is 0.408 e. The number of carbonyl (C=O) groups excluding carboxylic acids is 3. The molecule has 7 heteroatoms. The number of alkyl carbamates (subject to hydrolysis) is 1. The summed E-state index contributed by atoms with van der Waals surface area (Å²) in [7, 11) is 1.60. The van der Waals surface area contributed by atoms with Crippen molar-refractivity contribution in [2.75, 3.05) is 7.05 Å². The monoisotopic (exact) mass is 495 g/mol. The predicted molar refractivity (Wildman–Crippen MR) is 143 cm³/mol. The molecule has 0 saturated heterocycles. The molecule has 7 nitrogen and oxygen atoms in total. The van der Waals surface area contributed by atoms with Crippen molar-refractivity contribution >= 4 is 17.9 Å². The van der Waals surface area contributed by atoms with E-state index in [9.17, 15) is 14.4 Å². The summed E-state index contributed by atoms with van der Waals surface area (Å²) in [6.07, 6.45) is -0.434. The predicted octanol–water partition coefficient (Wildman–Crippen LogP) is 4.85. The van der Waals surface area contributed by atoms with Crippen molar-refractivity contribution in [1.29, 1.82) is 0 Å². The number of likely N-dealkylation sites (N-methyl/N-ethyl adjacent to an activating group) is 1. The molecule has 0 bridgehead atoms. The second kappa shape index (κ2) is 11.6. The van der Waals surface area contributed by atoms with Gasteiger partial charge in [0.2, 0.25) is 11.8 Å². The van der Waals surface area contributed by atoms with E-state index in [0.29, 0.717) is 5.56 Å². The van der Waals surface area contributed by atoms with Crippen molar-refractivity contribution in [3.63, 3.8) is 0 Å². The van der Waals surface area contributed by atoms with Gasteiger partial charge in [0.1, 0.15) is 17.7 Å². The molecule has 0 spiro atoms. The van der Waals surface area contributed by atoms with Gasteiger partial charge in [0.25, 0.3) is 0 Å². The molecule has 0 aliphatic rings. The number of amides is 3. The minimum atomic E-state index is -0.928. The quantitative estimate of drug-likeness (QED) is 0.575. The van der Waals surface area contributed by atoms with Crippen molar-refractivity contribution in [2.45, 2.75) is 85.0 Å². The van der Waals surface area contributed by atoms with E-state index in [-0.39, 0.29) is 12.3 Å². The van der Waals surface area contributed by atoms with Gasteiger partial charge in [-0.25, -0.2) is 4.79 Å². The van der Waals surface area contributed by atoms with E-state index < -0.39 is 35.2 Å². The number of hydrogen-bond donors (Lipinski definition) is 2. The third-order valence-corrected chi connectivity index (χ3v) is 5.31. The van der Waals surface area contributed by atoms with Gasteiger partial charge in [-0.15, -0.1) is 0 Å². The molecule has 0 radical (unpaired) electrons. The molecule has 0 saturated carbocycles. The fraction of sp³-hybridized carbons (Fsp3) is 0.483. The van der Waals surface area contributed by atoms with Crippen LogP contribution >= 0.6 is 0 Å². The first kappa shape index (κ1) is 28.9. The highest BCUT2D eigenvalue weighted by Crippen LogP contribution is 2.25. The molecule has 0 aliphatic carbocycles. The molecule has 2 N–H and O–H groups in total. The minimum Gasteiger partial charge on any atom is -0.444 e. The van der Waals surface area contributed by atoms with Crippen molar-refractivity contribution in [3.05, 3.63) is 70.8 Å². The van der Waals surface area contributed by atoms with E-state index in [0.717, 1.165) is 16.7 Å². The van der Waals surface area contributed by atoms with Gasteiger partial charge in [-0.1, -0.05) is 59.7 Å². The summed E-state index contributed by atoms with van der Waals surface area (Å²) >= 11 is 0. The highest BCUT2D eigenvalue weighted by atomic mass is 16.6. The fourth-order valence-corrected chi connectivity index (χ4v) is 4.03. The molecule has 2 unspecified atom stereocenters. The van der Waals surface area contributed by atoms with Gasteiger partial charge in [0, 0.05) is 19.0 Å². The standard InChI is InChI=1S/C29H41N3O4/c1-19-15-20(2)17-22(16-19)24(25(33)31-28(3,4)5)32(9)26(34)23(18-21-13-11-10-12-14-21)30-27(35)36-29(6,7)8/h10-17,23-24H,18H2,1-9H3,(H,30,35)(H,31,33). The van der Waals surface area contributed by atoms with Crippen LogP contribution in [0, 0.1) is 13.8 Å². The van der Waals surface area contributed by atoms with Gasteiger partial charge in [-0.2, -0.15) is 0 Å². The van der Waals surface area contributed by atoms with Gasteiger partial charge >= 0.3 is 6.09 Å². The van der Waals surface area contributed by atoms with E-state index in [4.69, 9.17) is 4.74 Å². The maximum atomic E-state index is 13.9. The Kier molecular flexibility index (Phi) is 9.30. The number of rotatable bonds is 7. The SMILES string of the molecule is Cc1cc(C)cc(C(C(=O)NC(C)(C)C)N(C)C(=O)C(Cc2ccccc2)NC(=O)OC(C)(C)C)c1. The van der Waals surface area contributed by atoms with Crippen LogP contribution in [0.4, 0.5) is 4.79 Å². The Morgan fingerprint density at radius 2 is 1.47 bits per heavy atom. The van der Waals surface area contributed by atoms with Crippen LogP contribution in [0.3, 0.4) is 0 Å². The molecule has 2 atom stereocenters. The van der Waals surface area contributed by atoms with E-state index in [2.05, 4.69) is 10.6 Å². The van der Waals surface area contributed by atoms with Gasteiger partial charge < -0.3 is 20.3 Å². The molecule has 2 aromatic rings. The van der Waals surface area contributed by atoms with Crippen molar-refractivity contribution in [1.82, 2.24) is 15.5 Å². The lowest BCUT2D eigenvalue weighted by atomic mass is 9.97. The number of carbonyl (C=O) groups is 3. The highest BCUT2D eigenvalue weighted by Gasteiger charge is 2.35. The molecule has 0 fully saturated rings. The first-order valence-electron chi connectivity index (χ1n) is 12.3. The average Bonchev–Trinajstić information content (AvgIpc) is 2.70. The zero-order valence-electron chi connectivity index (χ0n) is 23.1. The summed E-state index contributed by atoms with van der Waals surface area (Å²) in [6, 6.07) is 13.5. The topological polar surface area (TPSA) is 87.7 Å². The van der Waals surface area contributed by atoms with Gasteiger partial charge in [-0.3, -0.25) is 9.59 Å². The molecular weight excluding hydrogens is 454 g/mol. The summed E-state index contributed by atoms with van der Waals surface area (Å²) in [5.41, 5.74) is 2.36. The first-order chi connectivity index (χ1) is 16.6. The largest absolute Gasteiger partial charge is 0.444 e. The molecule has 2 rings (SSSR count). The van der Waals surface area contributed by atoms with E-state index in [1.165, 1.54) is 4.90 Å². The number of nitrogens with one attached hydrogen (secondary N) is 2. The zero-order chi connectivity index (χ0) is 27.3. The van der Waals surface area contributed by atoms with Crippen LogP contribution < -0.4 is 10.6 Å². The summed E-state index contributed by atoms with van der Waals surface area (Å²) in [6.45, 7) is 14.9. The maximum Gasteiger partial charge on any atom is 0.408 e. The Morgan fingerprint density at radius 3 is 1.97 bits per heavy atom. The fourth-order valence-electron chi connectivity index (χ4n) is 4.03. The highest BCUT2D eigenvalue weighted by molar-refractivity contribution is 5.92. The van der Waals surface area contributed by atoms with Crippen LogP contribution in [-0.2, 0) is 20.7 Å². The van der Waals surface area contributed by atoms with Crippen LogP contribution in [0.5, 0.6) is 0 Å². The van der Waals surface area contributed by atoms with Gasteiger partial charge in [0.15, 0.2) is 0 Å². The second-order valence-corrected chi connectivity index (χ2v) is 11.4. The van der Waals surface area contributed by atoms with Crippen LogP contribution in [0.25, 0.3) is 0 Å². The number of ether oxygens (including phenoxy) is 1. The summed E-state index contributed by atoms with van der Waals surface area (Å²) in [5, 5.41) is 5.74. The molecule has 36 heavy (non-hydrogen) atoms. The third-order valence-electron chi connectivity index (χ3n) is 5.31. The lowest BCUT2D eigenvalue weighted by molar-refractivity contribution is -0.141. The summed E-state index contributed by atoms with van der Waals surface area (Å²) in [5.74, 6) is -0.683. The number of benzene rings is 2. The third kappa shape index (κ3) is 9.02. The average molecular weight is 496 g/mol. The minimum absolute atomic E-state index is 0.254. The van der Waals surface area contributed by atoms with Gasteiger partial charge in [0.05, 0.1) is 0 Å². The van der Waals surface area contributed by atoms with E-state index >= 15 is 0 Å². The second-order valence-electron chi connectivity index (χ2n) is 11.4. The van der Waals surface area contributed by atoms with Crippen LogP contribution in [0.15, 0.2) is 48.5 Å². The Bertz CT molecular complexity index is 1050. The lowest BCUT2D eigenvalue weighted by Crippen LogP contribution is -2.54. The Morgan fingerprint density at radius 1 is 0.917 bits per heavy atom. The van der Waals surface area contributed by atoms with Gasteiger partial charge in [-0.05, 0) is 66.5 Å². The summed E-state index contributed by atoms with van der Waals surface area (Å²) < 4.78 is 5.43. The molecule has 196 valence electrons. The van der Waals surface area contributed by atoms with E-state index in [1.54, 1.807) is 27.8 Å². The molecular formula is C29H41N3O4. The van der Waals surface area contributed by atoms with Crippen LogP contribution in [-0.4, -0.2) is 47.0 Å². The summed E-state index contributed by atoms with van der Waals surface area (Å²) in [4.78, 5) is 41.5. The molecule has 0 aromatic heterocycles. The normalized spacial score (nSPS) is 13.4.